The van der Waals surface area contributed by atoms with Crippen molar-refractivity contribution in [2.24, 2.45) is 0 Å². The summed E-state index contributed by atoms with van der Waals surface area (Å²) in [6, 6.07) is 7.59. The first-order valence-corrected chi connectivity index (χ1v) is 7.63. The number of benzene rings is 1. The molecule has 1 aliphatic rings. The minimum Gasteiger partial charge on any atom is -0.446 e. The monoisotopic (exact) mass is 314 g/mol. The number of hydrogen-bond donors (Lipinski definition) is 1. The highest BCUT2D eigenvalue weighted by Gasteiger charge is 2.23. The molecule has 0 aliphatic carbocycles. The lowest BCUT2D eigenvalue weighted by Gasteiger charge is -2.13. The predicted octanol–water partition coefficient (Wildman–Crippen LogP) is 2.70. The maximum Gasteiger partial charge on any atom is 0.428 e. The van der Waals surface area contributed by atoms with Gasteiger partial charge in [-0.25, -0.2) is 9.80 Å². The summed E-state index contributed by atoms with van der Waals surface area (Å²) < 4.78 is 4.72. The summed E-state index contributed by atoms with van der Waals surface area (Å²) in [5.74, 6) is 0.667. The minimum absolute atomic E-state index is 0.166. The number of hydrogen-bond acceptors (Lipinski definition) is 4. The van der Waals surface area contributed by atoms with E-state index < -0.39 is 6.09 Å². The zero-order valence-electron chi connectivity index (χ0n) is 10.8. The molecule has 1 heterocycles. The van der Waals surface area contributed by atoms with Crippen molar-refractivity contribution in [1.82, 2.24) is 10.4 Å². The summed E-state index contributed by atoms with van der Waals surface area (Å²) in [4.78, 5) is 23.9. The third-order valence-corrected chi connectivity index (χ3v) is 4.00. The van der Waals surface area contributed by atoms with Crippen LogP contribution in [0, 0.1) is 0 Å². The standard InChI is InChI=1S/C13H15ClN2O3S/c14-10-3-5-11(6-4-10)20-9-1-2-12(17)15-16-7-8-19-13(16)18/h3-6H,1-2,7-9H2,(H,15,17). The lowest BCUT2D eigenvalue weighted by Crippen LogP contribution is -2.42. The molecule has 5 nitrogen and oxygen atoms in total. The van der Waals surface area contributed by atoms with Crippen molar-refractivity contribution in [3.8, 4) is 0 Å². The molecule has 1 aliphatic heterocycles. The molecular formula is C13H15ClN2O3S. The Bertz CT molecular complexity index is 481. The molecule has 0 radical (unpaired) electrons. The summed E-state index contributed by atoms with van der Waals surface area (Å²) in [5.41, 5.74) is 2.53. The zero-order chi connectivity index (χ0) is 14.4. The minimum atomic E-state index is -0.492. The van der Waals surface area contributed by atoms with Crippen LogP contribution in [0.3, 0.4) is 0 Å². The smallest absolute Gasteiger partial charge is 0.428 e. The van der Waals surface area contributed by atoms with Gasteiger partial charge in [-0.2, -0.15) is 0 Å². The molecule has 20 heavy (non-hydrogen) atoms. The van der Waals surface area contributed by atoms with Gasteiger partial charge in [0.05, 0.1) is 6.54 Å². The quantitative estimate of drug-likeness (QED) is 0.648. The van der Waals surface area contributed by atoms with Crippen molar-refractivity contribution in [2.75, 3.05) is 18.9 Å². The number of carbonyl (C=O) groups excluding carboxylic acids is 2. The fraction of sp³-hybridized carbons (Fsp3) is 0.385. The summed E-state index contributed by atoms with van der Waals surface area (Å²) in [6.07, 6.45) is 0.626. The van der Waals surface area contributed by atoms with E-state index in [1.807, 2.05) is 24.3 Å². The Balaban J connectivity index is 1.62. The van der Waals surface area contributed by atoms with Crippen molar-refractivity contribution < 1.29 is 14.3 Å². The fourth-order valence-corrected chi connectivity index (χ4v) is 2.63. The molecule has 1 saturated heterocycles. The molecule has 108 valence electrons. The van der Waals surface area contributed by atoms with Gasteiger partial charge in [-0.3, -0.25) is 10.2 Å². The van der Waals surface area contributed by atoms with Gasteiger partial charge in [0.2, 0.25) is 5.91 Å². The van der Waals surface area contributed by atoms with Gasteiger partial charge in [0.25, 0.3) is 0 Å². The van der Waals surface area contributed by atoms with E-state index in [1.165, 1.54) is 5.01 Å². The molecule has 1 fully saturated rings. The number of nitrogens with one attached hydrogen (secondary N) is 1. The molecule has 0 bridgehead atoms. The molecule has 2 amide bonds. The van der Waals surface area contributed by atoms with E-state index in [4.69, 9.17) is 16.3 Å². The van der Waals surface area contributed by atoms with Gasteiger partial charge < -0.3 is 4.74 Å². The molecular weight excluding hydrogens is 300 g/mol. The lowest BCUT2D eigenvalue weighted by atomic mass is 10.3. The van der Waals surface area contributed by atoms with Crippen LogP contribution in [0.5, 0.6) is 0 Å². The Morgan fingerprint density at radius 1 is 1.40 bits per heavy atom. The van der Waals surface area contributed by atoms with E-state index in [-0.39, 0.29) is 5.91 Å². The largest absolute Gasteiger partial charge is 0.446 e. The van der Waals surface area contributed by atoms with Crippen LogP contribution < -0.4 is 5.43 Å². The molecule has 0 aromatic heterocycles. The molecule has 2 rings (SSSR count). The molecule has 0 unspecified atom stereocenters. The van der Waals surface area contributed by atoms with Crippen LogP contribution >= 0.6 is 23.4 Å². The van der Waals surface area contributed by atoms with E-state index >= 15 is 0 Å². The molecule has 1 N–H and O–H groups in total. The topological polar surface area (TPSA) is 58.6 Å². The van der Waals surface area contributed by atoms with Crippen LogP contribution in [0.4, 0.5) is 4.79 Å². The molecule has 0 spiro atoms. The Labute approximate surface area is 126 Å². The maximum absolute atomic E-state index is 11.6. The number of nitrogens with zero attached hydrogens (tertiary/aromatic N) is 1. The second-order valence-corrected chi connectivity index (χ2v) is 5.81. The normalized spacial score (nSPS) is 14.2. The van der Waals surface area contributed by atoms with E-state index in [1.54, 1.807) is 11.8 Å². The number of cyclic esters (lactones) is 1. The van der Waals surface area contributed by atoms with Gasteiger partial charge in [0.15, 0.2) is 0 Å². The van der Waals surface area contributed by atoms with Crippen molar-refractivity contribution in [1.29, 1.82) is 0 Å². The molecule has 7 heteroatoms. The highest BCUT2D eigenvalue weighted by Crippen LogP contribution is 2.21. The third kappa shape index (κ3) is 4.61. The van der Waals surface area contributed by atoms with Crippen LogP contribution in [0.25, 0.3) is 0 Å². The second kappa shape index (κ2) is 7.40. The van der Waals surface area contributed by atoms with Gasteiger partial charge in [-0.15, -0.1) is 11.8 Å². The first kappa shape index (κ1) is 15.0. The fourth-order valence-electron chi connectivity index (χ4n) is 1.65. The molecule has 0 saturated carbocycles. The summed E-state index contributed by atoms with van der Waals surface area (Å²) in [5, 5.41) is 1.92. The number of thioether (sulfide) groups is 1. The van der Waals surface area contributed by atoms with Crippen molar-refractivity contribution in [2.45, 2.75) is 17.7 Å². The van der Waals surface area contributed by atoms with E-state index in [2.05, 4.69) is 5.43 Å². The number of hydrazine groups is 1. The summed E-state index contributed by atoms with van der Waals surface area (Å²) in [6.45, 7) is 0.732. The molecule has 0 atom stereocenters. The number of rotatable bonds is 6. The number of ether oxygens (including phenoxy) is 1. The van der Waals surface area contributed by atoms with Gasteiger partial charge in [0.1, 0.15) is 6.61 Å². The summed E-state index contributed by atoms with van der Waals surface area (Å²) >= 11 is 7.47. The molecule has 1 aromatic carbocycles. The average Bonchev–Trinajstić information content (AvgIpc) is 2.82. The predicted molar refractivity (Wildman–Crippen MR) is 77.6 cm³/mol. The number of carbonyl (C=O) groups is 2. The molecule has 1 aromatic rings. The summed E-state index contributed by atoms with van der Waals surface area (Å²) in [7, 11) is 0. The second-order valence-electron chi connectivity index (χ2n) is 4.21. The number of amides is 2. The van der Waals surface area contributed by atoms with Gasteiger partial charge in [0, 0.05) is 16.3 Å². The maximum atomic E-state index is 11.6. The Hall–Kier alpha value is -1.40. The van der Waals surface area contributed by atoms with Crippen molar-refractivity contribution in [3.63, 3.8) is 0 Å². The van der Waals surface area contributed by atoms with Crippen molar-refractivity contribution in [3.05, 3.63) is 29.3 Å². The van der Waals surface area contributed by atoms with Gasteiger partial charge in [-0.1, -0.05) is 11.6 Å². The third-order valence-electron chi connectivity index (χ3n) is 2.65. The van der Waals surface area contributed by atoms with Crippen LogP contribution in [0.2, 0.25) is 5.02 Å². The first-order chi connectivity index (χ1) is 9.65. The lowest BCUT2D eigenvalue weighted by molar-refractivity contribution is -0.124. The Morgan fingerprint density at radius 2 is 2.15 bits per heavy atom. The van der Waals surface area contributed by atoms with E-state index in [9.17, 15) is 9.59 Å². The Morgan fingerprint density at radius 3 is 2.80 bits per heavy atom. The average molecular weight is 315 g/mol. The van der Waals surface area contributed by atoms with Crippen LogP contribution in [-0.4, -0.2) is 35.9 Å². The van der Waals surface area contributed by atoms with Crippen molar-refractivity contribution >= 4 is 35.4 Å². The van der Waals surface area contributed by atoms with E-state index in [0.717, 1.165) is 17.1 Å². The highest BCUT2D eigenvalue weighted by molar-refractivity contribution is 7.99. The highest BCUT2D eigenvalue weighted by atomic mass is 35.5. The zero-order valence-corrected chi connectivity index (χ0v) is 12.4. The number of halogens is 1. The Kier molecular flexibility index (Phi) is 5.55. The first-order valence-electron chi connectivity index (χ1n) is 6.27. The van der Waals surface area contributed by atoms with Crippen LogP contribution in [-0.2, 0) is 9.53 Å². The van der Waals surface area contributed by atoms with Gasteiger partial charge in [-0.05, 0) is 36.4 Å². The van der Waals surface area contributed by atoms with Crippen LogP contribution in [0.15, 0.2) is 29.2 Å². The van der Waals surface area contributed by atoms with Crippen LogP contribution in [0.1, 0.15) is 12.8 Å². The van der Waals surface area contributed by atoms with E-state index in [0.29, 0.717) is 24.6 Å². The SMILES string of the molecule is O=C(CCCSc1ccc(Cl)cc1)NN1CCOC1=O. The van der Waals surface area contributed by atoms with Gasteiger partial charge >= 0.3 is 6.09 Å².